The quantitative estimate of drug-likeness (QED) is 0.314. The molecule has 1 aliphatic rings. The fourth-order valence-corrected chi connectivity index (χ4v) is 5.56. The molecule has 0 radical (unpaired) electrons. The third kappa shape index (κ3) is 5.50. The molecule has 0 saturated heterocycles. The normalized spacial score (nSPS) is 18.4. The van der Waals surface area contributed by atoms with Crippen LogP contribution in [-0.4, -0.2) is 21.0 Å². The van der Waals surface area contributed by atoms with Gasteiger partial charge >= 0.3 is 0 Å². The van der Waals surface area contributed by atoms with Crippen molar-refractivity contribution in [1.29, 1.82) is 0 Å². The average molecular weight is 458 g/mol. The zero-order valence-corrected chi connectivity index (χ0v) is 20.2. The van der Waals surface area contributed by atoms with Crippen LogP contribution in [0.15, 0.2) is 54.6 Å². The lowest BCUT2D eigenvalue weighted by Gasteiger charge is -2.27. The fourth-order valence-electron chi connectivity index (χ4n) is 4.62. The van der Waals surface area contributed by atoms with Crippen LogP contribution in [0, 0.1) is 5.92 Å². The molecule has 2 N–H and O–H groups in total. The van der Waals surface area contributed by atoms with Crippen LogP contribution in [0.2, 0.25) is 0 Å². The molecule has 0 aliphatic heterocycles. The number of anilines is 3. The minimum Gasteiger partial charge on any atom is -0.351 e. The molecule has 5 nitrogen and oxygen atoms in total. The van der Waals surface area contributed by atoms with Gasteiger partial charge < -0.3 is 10.6 Å². The Morgan fingerprint density at radius 3 is 2.67 bits per heavy atom. The molecule has 0 bridgehead atoms. The number of fused-ring (bicyclic) bond motifs is 1. The van der Waals surface area contributed by atoms with E-state index in [9.17, 15) is 0 Å². The van der Waals surface area contributed by atoms with Gasteiger partial charge in [-0.3, -0.25) is 0 Å². The van der Waals surface area contributed by atoms with Gasteiger partial charge in [-0.15, -0.1) is 0 Å². The molecule has 2 aromatic carbocycles. The van der Waals surface area contributed by atoms with Crippen molar-refractivity contribution in [1.82, 2.24) is 15.0 Å². The predicted octanol–water partition coefficient (Wildman–Crippen LogP) is 6.97. The standard InChI is InChI=1S/C27H31N5S/c1-3-19-12-13-23-24(16-19)33-27(30-23)32-25-17-22(15-20-9-5-4-6-10-20)29-26(31-25)28-21-11-7-8-18(2)14-21/h4-6,9-10,12-13,16-18,21H,3,7-8,11,14-15H2,1-2H3,(H2,28,29,30,31,32). The number of hydrogen-bond donors (Lipinski definition) is 2. The zero-order chi connectivity index (χ0) is 22.6. The smallest absolute Gasteiger partial charge is 0.225 e. The summed E-state index contributed by atoms with van der Waals surface area (Å²) in [7, 11) is 0. The van der Waals surface area contributed by atoms with Crippen LogP contribution in [0.3, 0.4) is 0 Å². The highest BCUT2D eigenvalue weighted by Gasteiger charge is 2.20. The Kier molecular flexibility index (Phi) is 6.53. The van der Waals surface area contributed by atoms with E-state index in [1.54, 1.807) is 11.3 Å². The number of thiazole rings is 1. The summed E-state index contributed by atoms with van der Waals surface area (Å²) in [5.41, 5.74) is 4.59. The first-order valence-electron chi connectivity index (χ1n) is 12.0. The van der Waals surface area contributed by atoms with Crippen molar-refractivity contribution in [3.05, 3.63) is 71.4 Å². The molecule has 6 heteroatoms. The van der Waals surface area contributed by atoms with E-state index >= 15 is 0 Å². The van der Waals surface area contributed by atoms with E-state index < -0.39 is 0 Å². The summed E-state index contributed by atoms with van der Waals surface area (Å²) in [4.78, 5) is 14.5. The van der Waals surface area contributed by atoms with Crippen LogP contribution < -0.4 is 10.6 Å². The Bertz CT molecular complexity index is 1220. The summed E-state index contributed by atoms with van der Waals surface area (Å²) in [6.07, 6.45) is 6.73. The van der Waals surface area contributed by atoms with Crippen molar-refractivity contribution < 1.29 is 0 Å². The second-order valence-electron chi connectivity index (χ2n) is 9.14. The molecule has 1 aliphatic carbocycles. The highest BCUT2D eigenvalue weighted by atomic mass is 32.1. The molecule has 33 heavy (non-hydrogen) atoms. The maximum atomic E-state index is 4.88. The Labute approximate surface area is 199 Å². The number of rotatable bonds is 7. The summed E-state index contributed by atoms with van der Waals surface area (Å²) in [5, 5.41) is 7.95. The summed E-state index contributed by atoms with van der Waals surface area (Å²) >= 11 is 1.67. The van der Waals surface area contributed by atoms with Crippen molar-refractivity contribution in [3.63, 3.8) is 0 Å². The van der Waals surface area contributed by atoms with Gasteiger partial charge in [0.25, 0.3) is 0 Å². The molecule has 5 rings (SSSR count). The zero-order valence-electron chi connectivity index (χ0n) is 19.3. The Morgan fingerprint density at radius 1 is 0.970 bits per heavy atom. The molecular weight excluding hydrogens is 426 g/mol. The first kappa shape index (κ1) is 21.8. The van der Waals surface area contributed by atoms with Gasteiger partial charge in [0, 0.05) is 18.5 Å². The van der Waals surface area contributed by atoms with Crippen molar-refractivity contribution in [2.24, 2.45) is 5.92 Å². The minimum atomic E-state index is 0.434. The van der Waals surface area contributed by atoms with Crippen LogP contribution in [-0.2, 0) is 12.8 Å². The molecule has 0 spiro atoms. The number of aryl methyl sites for hydroxylation is 1. The monoisotopic (exact) mass is 457 g/mol. The lowest BCUT2D eigenvalue weighted by Crippen LogP contribution is -2.27. The van der Waals surface area contributed by atoms with Crippen LogP contribution >= 0.6 is 11.3 Å². The van der Waals surface area contributed by atoms with Crippen LogP contribution in [0.1, 0.15) is 56.4 Å². The molecule has 2 unspecified atom stereocenters. The van der Waals surface area contributed by atoms with Crippen molar-refractivity contribution in [2.45, 2.75) is 58.4 Å². The van der Waals surface area contributed by atoms with E-state index in [0.29, 0.717) is 12.0 Å². The summed E-state index contributed by atoms with van der Waals surface area (Å²) < 4.78 is 1.20. The van der Waals surface area contributed by atoms with E-state index in [2.05, 4.69) is 66.9 Å². The summed E-state index contributed by atoms with van der Waals surface area (Å²) in [5.74, 6) is 2.24. The van der Waals surface area contributed by atoms with Gasteiger partial charge in [-0.1, -0.05) is 74.4 Å². The summed E-state index contributed by atoms with van der Waals surface area (Å²) in [6, 6.07) is 19.5. The third-order valence-electron chi connectivity index (χ3n) is 6.37. The Balaban J connectivity index is 1.42. The molecule has 0 amide bonds. The average Bonchev–Trinajstić information content (AvgIpc) is 3.21. The van der Waals surface area contributed by atoms with Gasteiger partial charge in [0.05, 0.1) is 15.9 Å². The molecule has 4 aromatic rings. The SMILES string of the molecule is CCc1ccc2nc(Nc3cc(Cc4ccccc4)nc(NC4CCCC(C)C4)n3)sc2c1. The number of nitrogens with one attached hydrogen (secondary N) is 2. The second kappa shape index (κ2) is 9.87. The van der Waals surface area contributed by atoms with Gasteiger partial charge in [-0.05, 0) is 48.4 Å². The van der Waals surface area contributed by atoms with Gasteiger partial charge in [-0.2, -0.15) is 4.98 Å². The van der Waals surface area contributed by atoms with E-state index in [1.807, 2.05) is 12.1 Å². The minimum absolute atomic E-state index is 0.434. The van der Waals surface area contributed by atoms with Crippen LogP contribution in [0.5, 0.6) is 0 Å². The molecular formula is C27H31N5S. The number of nitrogens with zero attached hydrogens (tertiary/aromatic N) is 3. The number of benzene rings is 2. The molecule has 2 atom stereocenters. The Hall–Kier alpha value is -2.99. The second-order valence-corrected chi connectivity index (χ2v) is 10.2. The van der Waals surface area contributed by atoms with Gasteiger partial charge in [0.2, 0.25) is 5.95 Å². The predicted molar refractivity (Wildman–Crippen MR) is 139 cm³/mol. The van der Waals surface area contributed by atoms with Gasteiger partial charge in [0.1, 0.15) is 5.82 Å². The van der Waals surface area contributed by atoms with E-state index in [-0.39, 0.29) is 0 Å². The highest BCUT2D eigenvalue weighted by Crippen LogP contribution is 2.30. The maximum absolute atomic E-state index is 4.88. The molecule has 2 aromatic heterocycles. The van der Waals surface area contributed by atoms with Gasteiger partial charge in [0.15, 0.2) is 5.13 Å². The molecule has 1 saturated carbocycles. The van der Waals surface area contributed by atoms with Crippen molar-refractivity contribution in [2.75, 3.05) is 10.6 Å². The molecule has 170 valence electrons. The first-order chi connectivity index (χ1) is 16.1. The number of hydrogen-bond acceptors (Lipinski definition) is 6. The van der Waals surface area contributed by atoms with E-state index in [0.717, 1.165) is 40.9 Å². The van der Waals surface area contributed by atoms with Crippen LogP contribution in [0.25, 0.3) is 10.2 Å². The Morgan fingerprint density at radius 2 is 1.85 bits per heavy atom. The maximum Gasteiger partial charge on any atom is 0.225 e. The van der Waals surface area contributed by atoms with Crippen molar-refractivity contribution >= 4 is 38.5 Å². The number of aromatic nitrogens is 3. The fraction of sp³-hybridized carbons (Fsp3) is 0.370. The third-order valence-corrected chi connectivity index (χ3v) is 7.31. The summed E-state index contributed by atoms with van der Waals surface area (Å²) in [6.45, 7) is 4.52. The van der Waals surface area contributed by atoms with E-state index in [1.165, 1.54) is 41.5 Å². The highest BCUT2D eigenvalue weighted by molar-refractivity contribution is 7.22. The first-order valence-corrected chi connectivity index (χ1v) is 12.8. The van der Waals surface area contributed by atoms with Crippen LogP contribution in [0.4, 0.5) is 16.9 Å². The lowest BCUT2D eigenvalue weighted by molar-refractivity contribution is 0.357. The molecule has 1 fully saturated rings. The lowest BCUT2D eigenvalue weighted by atomic mass is 9.87. The van der Waals surface area contributed by atoms with E-state index in [4.69, 9.17) is 15.0 Å². The largest absolute Gasteiger partial charge is 0.351 e. The van der Waals surface area contributed by atoms with Crippen molar-refractivity contribution in [3.8, 4) is 0 Å². The van der Waals surface area contributed by atoms with Gasteiger partial charge in [-0.25, -0.2) is 9.97 Å². The molecule has 2 heterocycles. The topological polar surface area (TPSA) is 62.7 Å².